The minimum Gasteiger partial charge on any atom is -0.381 e. The van der Waals surface area contributed by atoms with Crippen molar-refractivity contribution in [1.82, 2.24) is 4.98 Å². The SMILES string of the molecule is CC(Nc1ccc([N+](=O)[O-])cn1)C1CCOCC1. The number of rotatable bonds is 4. The van der Waals surface area contributed by atoms with E-state index in [9.17, 15) is 10.1 Å². The van der Waals surface area contributed by atoms with Gasteiger partial charge in [-0.2, -0.15) is 0 Å². The normalized spacial score (nSPS) is 18.3. The highest BCUT2D eigenvalue weighted by atomic mass is 16.6. The van der Waals surface area contributed by atoms with E-state index in [2.05, 4.69) is 17.2 Å². The van der Waals surface area contributed by atoms with Crippen LogP contribution in [-0.2, 0) is 4.74 Å². The zero-order valence-corrected chi connectivity index (χ0v) is 10.3. The predicted octanol–water partition coefficient (Wildman–Crippen LogP) is 2.22. The number of nitrogens with zero attached hydrogens (tertiary/aromatic N) is 2. The van der Waals surface area contributed by atoms with Gasteiger partial charge in [-0.25, -0.2) is 4.98 Å². The largest absolute Gasteiger partial charge is 0.381 e. The Morgan fingerprint density at radius 1 is 1.50 bits per heavy atom. The third-order valence-electron chi connectivity index (χ3n) is 3.31. The second kappa shape index (κ2) is 5.77. The highest BCUT2D eigenvalue weighted by Gasteiger charge is 2.20. The molecule has 1 aliphatic rings. The van der Waals surface area contributed by atoms with Crippen molar-refractivity contribution in [3.05, 3.63) is 28.4 Å². The maximum absolute atomic E-state index is 10.5. The molecule has 0 saturated carbocycles. The molecule has 2 heterocycles. The molecule has 1 aromatic rings. The third kappa shape index (κ3) is 3.16. The average Bonchev–Trinajstić information content (AvgIpc) is 2.40. The van der Waals surface area contributed by atoms with E-state index in [1.54, 1.807) is 6.07 Å². The molecule has 6 nitrogen and oxygen atoms in total. The van der Waals surface area contributed by atoms with Crippen molar-refractivity contribution >= 4 is 11.5 Å². The smallest absolute Gasteiger partial charge is 0.287 e. The second-order valence-corrected chi connectivity index (χ2v) is 4.54. The van der Waals surface area contributed by atoms with Gasteiger partial charge in [-0.15, -0.1) is 0 Å². The molecule has 18 heavy (non-hydrogen) atoms. The molecule has 0 aromatic carbocycles. The van der Waals surface area contributed by atoms with Gasteiger partial charge in [-0.05, 0) is 31.7 Å². The standard InChI is InChI=1S/C12H17N3O3/c1-9(10-4-6-18-7-5-10)14-12-3-2-11(8-13-12)15(16)17/h2-3,8-10H,4-7H2,1H3,(H,13,14). The highest BCUT2D eigenvalue weighted by molar-refractivity contribution is 5.40. The maximum Gasteiger partial charge on any atom is 0.287 e. The van der Waals surface area contributed by atoms with Crippen molar-refractivity contribution in [2.24, 2.45) is 5.92 Å². The summed E-state index contributed by atoms with van der Waals surface area (Å²) in [5.41, 5.74) is 0.0132. The number of hydrogen-bond donors (Lipinski definition) is 1. The summed E-state index contributed by atoms with van der Waals surface area (Å²) in [6.07, 6.45) is 3.36. The lowest BCUT2D eigenvalue weighted by Crippen LogP contribution is -2.31. The zero-order valence-electron chi connectivity index (χ0n) is 10.3. The molecular weight excluding hydrogens is 234 g/mol. The Kier molecular flexibility index (Phi) is 4.09. The number of pyridine rings is 1. The van der Waals surface area contributed by atoms with Crippen molar-refractivity contribution in [2.45, 2.75) is 25.8 Å². The Bertz CT molecular complexity index is 402. The van der Waals surface area contributed by atoms with Crippen LogP contribution < -0.4 is 5.32 Å². The quantitative estimate of drug-likeness (QED) is 0.655. The molecule has 1 fully saturated rings. The average molecular weight is 251 g/mol. The Balaban J connectivity index is 1.93. The van der Waals surface area contributed by atoms with Gasteiger partial charge in [0.2, 0.25) is 0 Å². The van der Waals surface area contributed by atoms with Crippen molar-refractivity contribution in [2.75, 3.05) is 18.5 Å². The van der Waals surface area contributed by atoms with E-state index in [4.69, 9.17) is 4.74 Å². The number of nitro groups is 1. The fraction of sp³-hybridized carbons (Fsp3) is 0.583. The predicted molar refractivity (Wildman–Crippen MR) is 67.5 cm³/mol. The molecule has 1 N–H and O–H groups in total. The first-order chi connectivity index (χ1) is 8.66. The van der Waals surface area contributed by atoms with E-state index in [0.717, 1.165) is 26.1 Å². The molecule has 1 aliphatic heterocycles. The first-order valence-corrected chi connectivity index (χ1v) is 6.11. The summed E-state index contributed by atoms with van der Waals surface area (Å²) in [4.78, 5) is 14.1. The number of hydrogen-bond acceptors (Lipinski definition) is 5. The van der Waals surface area contributed by atoms with Crippen LogP contribution in [0.3, 0.4) is 0 Å². The molecule has 6 heteroatoms. The molecule has 0 bridgehead atoms. The minimum atomic E-state index is -0.446. The Hall–Kier alpha value is -1.69. The maximum atomic E-state index is 10.5. The monoisotopic (exact) mass is 251 g/mol. The molecule has 1 aromatic heterocycles. The molecular formula is C12H17N3O3. The Morgan fingerprint density at radius 3 is 2.78 bits per heavy atom. The van der Waals surface area contributed by atoms with Crippen LogP contribution in [-0.4, -0.2) is 29.2 Å². The topological polar surface area (TPSA) is 77.3 Å². The van der Waals surface area contributed by atoms with Crippen molar-refractivity contribution < 1.29 is 9.66 Å². The lowest BCUT2D eigenvalue weighted by molar-refractivity contribution is -0.385. The summed E-state index contributed by atoms with van der Waals surface area (Å²) in [6, 6.07) is 3.41. The first-order valence-electron chi connectivity index (χ1n) is 6.11. The molecule has 98 valence electrons. The van der Waals surface area contributed by atoms with Gasteiger partial charge in [0.15, 0.2) is 0 Å². The third-order valence-corrected chi connectivity index (χ3v) is 3.31. The van der Waals surface area contributed by atoms with Crippen molar-refractivity contribution in [3.8, 4) is 0 Å². The van der Waals surface area contributed by atoms with E-state index in [0.29, 0.717) is 17.8 Å². The fourth-order valence-electron chi connectivity index (χ4n) is 2.15. The summed E-state index contributed by atoms with van der Waals surface area (Å²) >= 11 is 0. The molecule has 1 saturated heterocycles. The Labute approximate surface area is 106 Å². The van der Waals surface area contributed by atoms with E-state index >= 15 is 0 Å². The zero-order chi connectivity index (χ0) is 13.0. The first kappa shape index (κ1) is 12.8. The summed E-state index contributed by atoms with van der Waals surface area (Å²) in [5, 5.41) is 13.8. The number of nitrogens with one attached hydrogen (secondary N) is 1. The molecule has 0 radical (unpaired) electrons. The van der Waals surface area contributed by atoms with Crippen LogP contribution >= 0.6 is 0 Å². The van der Waals surface area contributed by atoms with E-state index in [1.165, 1.54) is 12.3 Å². The fourth-order valence-corrected chi connectivity index (χ4v) is 2.15. The van der Waals surface area contributed by atoms with Crippen LogP contribution in [0.1, 0.15) is 19.8 Å². The van der Waals surface area contributed by atoms with Gasteiger partial charge in [0.1, 0.15) is 12.0 Å². The number of aromatic nitrogens is 1. The summed E-state index contributed by atoms with van der Waals surface area (Å²) in [6.45, 7) is 3.73. The van der Waals surface area contributed by atoms with Crippen LogP contribution in [0.25, 0.3) is 0 Å². The van der Waals surface area contributed by atoms with Crippen LogP contribution in [0.2, 0.25) is 0 Å². The van der Waals surface area contributed by atoms with E-state index in [-0.39, 0.29) is 5.69 Å². The van der Waals surface area contributed by atoms with Gasteiger partial charge >= 0.3 is 0 Å². The Morgan fingerprint density at radius 2 is 2.22 bits per heavy atom. The van der Waals surface area contributed by atoms with Crippen molar-refractivity contribution in [1.29, 1.82) is 0 Å². The van der Waals surface area contributed by atoms with Crippen LogP contribution in [0, 0.1) is 16.0 Å². The molecule has 2 rings (SSSR count). The summed E-state index contributed by atoms with van der Waals surface area (Å²) < 4.78 is 5.32. The molecule has 1 atom stereocenters. The molecule has 0 aliphatic carbocycles. The summed E-state index contributed by atoms with van der Waals surface area (Å²) in [7, 11) is 0. The number of anilines is 1. The van der Waals surface area contributed by atoms with Crippen molar-refractivity contribution in [3.63, 3.8) is 0 Å². The van der Waals surface area contributed by atoms with Gasteiger partial charge in [0.25, 0.3) is 5.69 Å². The second-order valence-electron chi connectivity index (χ2n) is 4.54. The summed E-state index contributed by atoms with van der Waals surface area (Å²) in [5.74, 6) is 1.25. The van der Waals surface area contributed by atoms with E-state index < -0.39 is 4.92 Å². The van der Waals surface area contributed by atoms with Crippen LogP contribution in [0.15, 0.2) is 18.3 Å². The highest BCUT2D eigenvalue weighted by Crippen LogP contribution is 2.21. The van der Waals surface area contributed by atoms with Gasteiger partial charge < -0.3 is 10.1 Å². The lowest BCUT2D eigenvalue weighted by atomic mass is 9.93. The molecule has 0 amide bonds. The van der Waals surface area contributed by atoms with Crippen LogP contribution in [0.4, 0.5) is 11.5 Å². The minimum absolute atomic E-state index is 0.0132. The van der Waals surface area contributed by atoms with Gasteiger partial charge in [-0.1, -0.05) is 0 Å². The lowest BCUT2D eigenvalue weighted by Gasteiger charge is -2.28. The molecule has 1 unspecified atom stereocenters. The van der Waals surface area contributed by atoms with E-state index in [1.807, 2.05) is 0 Å². The van der Waals surface area contributed by atoms with Crippen LogP contribution in [0.5, 0.6) is 0 Å². The number of ether oxygens (including phenoxy) is 1. The van der Waals surface area contributed by atoms with Gasteiger partial charge in [0, 0.05) is 25.3 Å². The van der Waals surface area contributed by atoms with Gasteiger partial charge in [0.05, 0.1) is 4.92 Å². The molecule has 0 spiro atoms. The van der Waals surface area contributed by atoms with Gasteiger partial charge in [-0.3, -0.25) is 10.1 Å².